The van der Waals surface area contributed by atoms with E-state index >= 15 is 0 Å². The summed E-state index contributed by atoms with van der Waals surface area (Å²) >= 11 is 0. The molecule has 2 aromatic rings. The summed E-state index contributed by atoms with van der Waals surface area (Å²) in [6.45, 7) is 0. The monoisotopic (exact) mass is 235 g/mol. The predicted molar refractivity (Wildman–Crippen MR) is 58.4 cm³/mol. The van der Waals surface area contributed by atoms with Crippen LogP contribution in [0, 0.1) is 0 Å². The minimum absolute atomic E-state index is 0.260. The van der Waals surface area contributed by atoms with E-state index in [1.54, 1.807) is 24.3 Å². The molecule has 5 nitrogen and oxygen atoms in total. The first-order chi connectivity index (χ1) is 7.57. The van der Waals surface area contributed by atoms with E-state index < -0.39 is 9.84 Å². The molecule has 0 unspecified atom stereocenters. The van der Waals surface area contributed by atoms with E-state index in [1.165, 1.54) is 18.8 Å². The molecule has 0 saturated heterocycles. The SMILES string of the molecule is CS(=O)(=O)c1cccc(-c2cncnn2)c1. The fraction of sp³-hybridized carbons (Fsp3) is 0.100. The quantitative estimate of drug-likeness (QED) is 0.774. The van der Waals surface area contributed by atoms with Gasteiger partial charge in [-0.05, 0) is 12.1 Å². The highest BCUT2D eigenvalue weighted by atomic mass is 32.2. The molecule has 1 heterocycles. The Hall–Kier alpha value is -1.82. The molecular weight excluding hydrogens is 226 g/mol. The molecule has 16 heavy (non-hydrogen) atoms. The molecule has 0 radical (unpaired) electrons. The summed E-state index contributed by atoms with van der Waals surface area (Å²) in [6, 6.07) is 6.53. The minimum atomic E-state index is -3.20. The van der Waals surface area contributed by atoms with Crippen molar-refractivity contribution in [1.29, 1.82) is 0 Å². The van der Waals surface area contributed by atoms with Crippen LogP contribution in [-0.2, 0) is 9.84 Å². The van der Waals surface area contributed by atoms with E-state index in [2.05, 4.69) is 15.2 Å². The highest BCUT2D eigenvalue weighted by molar-refractivity contribution is 7.90. The summed E-state index contributed by atoms with van der Waals surface area (Å²) in [5.74, 6) is 0. The van der Waals surface area contributed by atoms with Crippen LogP contribution in [0.2, 0.25) is 0 Å². The van der Waals surface area contributed by atoms with Gasteiger partial charge >= 0.3 is 0 Å². The summed E-state index contributed by atoms with van der Waals surface area (Å²) in [4.78, 5) is 4.09. The Labute approximate surface area is 93.1 Å². The molecule has 1 aromatic carbocycles. The van der Waals surface area contributed by atoms with Gasteiger partial charge in [0, 0.05) is 11.8 Å². The first kappa shape index (κ1) is 10.7. The van der Waals surface area contributed by atoms with Crippen molar-refractivity contribution in [2.24, 2.45) is 0 Å². The van der Waals surface area contributed by atoms with Crippen molar-refractivity contribution in [1.82, 2.24) is 15.2 Å². The van der Waals surface area contributed by atoms with Crippen LogP contribution in [0.25, 0.3) is 11.3 Å². The lowest BCUT2D eigenvalue weighted by Gasteiger charge is -2.01. The van der Waals surface area contributed by atoms with Crippen molar-refractivity contribution in [3.63, 3.8) is 0 Å². The second-order valence-electron chi connectivity index (χ2n) is 3.29. The van der Waals surface area contributed by atoms with Gasteiger partial charge in [0.25, 0.3) is 0 Å². The molecule has 1 aromatic heterocycles. The lowest BCUT2D eigenvalue weighted by molar-refractivity contribution is 0.602. The predicted octanol–water partition coefficient (Wildman–Crippen LogP) is 0.942. The second kappa shape index (κ2) is 3.97. The van der Waals surface area contributed by atoms with Crippen LogP contribution in [0.4, 0.5) is 0 Å². The lowest BCUT2D eigenvalue weighted by Crippen LogP contribution is -1.97. The van der Waals surface area contributed by atoms with Gasteiger partial charge < -0.3 is 0 Å². The Morgan fingerprint density at radius 1 is 1.25 bits per heavy atom. The van der Waals surface area contributed by atoms with Crippen molar-refractivity contribution in [3.8, 4) is 11.3 Å². The number of rotatable bonds is 2. The molecule has 0 spiro atoms. The molecule has 0 N–H and O–H groups in total. The van der Waals surface area contributed by atoms with Crippen molar-refractivity contribution in [2.45, 2.75) is 4.90 Å². The molecule has 0 aliphatic rings. The number of hydrogen-bond donors (Lipinski definition) is 0. The summed E-state index contributed by atoms with van der Waals surface area (Å²) in [7, 11) is -3.20. The van der Waals surface area contributed by atoms with E-state index in [0.717, 1.165) is 0 Å². The van der Waals surface area contributed by atoms with E-state index in [4.69, 9.17) is 0 Å². The van der Waals surface area contributed by atoms with Crippen molar-refractivity contribution >= 4 is 9.84 Å². The summed E-state index contributed by atoms with van der Waals surface area (Å²) in [5, 5.41) is 7.51. The average Bonchev–Trinajstić information content (AvgIpc) is 2.29. The average molecular weight is 235 g/mol. The third-order valence-corrected chi connectivity index (χ3v) is 3.15. The fourth-order valence-corrected chi connectivity index (χ4v) is 1.93. The first-order valence-electron chi connectivity index (χ1n) is 4.50. The zero-order valence-corrected chi connectivity index (χ0v) is 9.35. The van der Waals surface area contributed by atoms with Crippen LogP contribution < -0.4 is 0 Å². The van der Waals surface area contributed by atoms with Gasteiger partial charge in [-0.2, -0.15) is 0 Å². The zero-order chi connectivity index (χ0) is 11.6. The molecule has 0 aliphatic heterocycles. The maximum Gasteiger partial charge on any atom is 0.175 e. The Kier molecular flexibility index (Phi) is 2.66. The van der Waals surface area contributed by atoms with Gasteiger partial charge in [-0.1, -0.05) is 12.1 Å². The fourth-order valence-electron chi connectivity index (χ4n) is 1.27. The summed E-state index contributed by atoms with van der Waals surface area (Å²) < 4.78 is 22.7. The molecule has 0 atom stereocenters. The van der Waals surface area contributed by atoms with Crippen molar-refractivity contribution in [2.75, 3.05) is 6.26 Å². The maximum absolute atomic E-state index is 11.4. The summed E-state index contributed by atoms with van der Waals surface area (Å²) in [5.41, 5.74) is 1.23. The second-order valence-corrected chi connectivity index (χ2v) is 5.31. The topological polar surface area (TPSA) is 72.8 Å². The van der Waals surface area contributed by atoms with Crippen LogP contribution in [0.15, 0.2) is 41.7 Å². The van der Waals surface area contributed by atoms with Crippen LogP contribution >= 0.6 is 0 Å². The van der Waals surface area contributed by atoms with Crippen LogP contribution in [0.1, 0.15) is 0 Å². The molecular formula is C10H9N3O2S. The summed E-state index contributed by atoms with van der Waals surface area (Å²) in [6.07, 6.45) is 4.03. The van der Waals surface area contributed by atoms with E-state index in [1.807, 2.05) is 0 Å². The van der Waals surface area contributed by atoms with Crippen LogP contribution in [0.5, 0.6) is 0 Å². The molecule has 82 valence electrons. The largest absolute Gasteiger partial charge is 0.241 e. The Morgan fingerprint density at radius 3 is 2.69 bits per heavy atom. The number of benzene rings is 1. The van der Waals surface area contributed by atoms with Crippen LogP contribution in [0.3, 0.4) is 0 Å². The normalized spacial score (nSPS) is 11.3. The maximum atomic E-state index is 11.4. The number of nitrogens with zero attached hydrogens (tertiary/aromatic N) is 3. The van der Waals surface area contributed by atoms with Gasteiger partial charge in [0.1, 0.15) is 12.0 Å². The van der Waals surface area contributed by atoms with E-state index in [0.29, 0.717) is 11.3 Å². The highest BCUT2D eigenvalue weighted by Crippen LogP contribution is 2.19. The van der Waals surface area contributed by atoms with E-state index in [-0.39, 0.29) is 4.90 Å². The van der Waals surface area contributed by atoms with Gasteiger partial charge in [0.15, 0.2) is 9.84 Å². The van der Waals surface area contributed by atoms with Crippen LogP contribution in [-0.4, -0.2) is 29.9 Å². The Morgan fingerprint density at radius 2 is 2.06 bits per heavy atom. The van der Waals surface area contributed by atoms with Gasteiger partial charge in [-0.3, -0.25) is 0 Å². The standard InChI is InChI=1S/C10H9N3O2S/c1-16(14,15)9-4-2-3-8(5-9)10-6-11-7-12-13-10/h2-7H,1H3. The lowest BCUT2D eigenvalue weighted by atomic mass is 10.2. The smallest absolute Gasteiger partial charge is 0.175 e. The first-order valence-corrected chi connectivity index (χ1v) is 6.40. The minimum Gasteiger partial charge on any atom is -0.241 e. The molecule has 0 bridgehead atoms. The zero-order valence-electron chi connectivity index (χ0n) is 8.53. The van der Waals surface area contributed by atoms with Gasteiger partial charge in [0.05, 0.1) is 11.1 Å². The number of hydrogen-bond acceptors (Lipinski definition) is 5. The third-order valence-electron chi connectivity index (χ3n) is 2.04. The van der Waals surface area contributed by atoms with Crippen molar-refractivity contribution in [3.05, 3.63) is 36.8 Å². The molecule has 0 fully saturated rings. The third kappa shape index (κ3) is 2.22. The molecule has 0 aliphatic carbocycles. The Bertz CT molecular complexity index is 596. The molecule has 0 saturated carbocycles. The van der Waals surface area contributed by atoms with Gasteiger partial charge in [-0.25, -0.2) is 13.4 Å². The van der Waals surface area contributed by atoms with Crippen molar-refractivity contribution < 1.29 is 8.42 Å². The Balaban J connectivity index is 2.53. The van der Waals surface area contributed by atoms with Gasteiger partial charge in [0.2, 0.25) is 0 Å². The molecule has 2 rings (SSSR count). The number of aromatic nitrogens is 3. The van der Waals surface area contributed by atoms with Gasteiger partial charge in [-0.15, -0.1) is 10.2 Å². The molecule has 0 amide bonds. The number of sulfone groups is 1. The molecule has 6 heteroatoms. The van der Waals surface area contributed by atoms with E-state index in [9.17, 15) is 8.42 Å². The highest BCUT2D eigenvalue weighted by Gasteiger charge is 2.08.